The predicted molar refractivity (Wildman–Crippen MR) is 311 cm³/mol. The summed E-state index contributed by atoms with van der Waals surface area (Å²) < 4.78 is 45.0. The minimum atomic E-state index is -3.06. The zero-order valence-electron chi connectivity index (χ0n) is 48.1. The summed E-state index contributed by atoms with van der Waals surface area (Å²) in [6, 6.07) is 17.6. The molecule has 4 aliphatic heterocycles. The second kappa shape index (κ2) is 24.3. The topological polar surface area (TPSA) is 228 Å². The molecule has 3 amide bonds. The number of benzene rings is 3. The molecular formula is C62H78N8O10S. The Balaban J connectivity index is 1.10. The Morgan fingerprint density at radius 1 is 1.02 bits per heavy atom. The SMILES string of the molecule is CCn1c(-c2cc(C#CCN(C)C3CCS(=O)(=O)C3)cnc2[C@H](C)OC)c2c3cc(ccc31)-c1cc(O)cc(c1)C[C@H](NC(=O)[C@H](C(C)C)N(C)C(=O)[C@@H]1OCC[C@@H]1c1ccc(N)cc1)C(=O)N1CCC[C@H](N1)C(=O)OCC(C)(C)C2. The highest BCUT2D eigenvalue weighted by atomic mass is 32.2. The summed E-state index contributed by atoms with van der Waals surface area (Å²) in [7, 11) is 2.08. The van der Waals surface area contributed by atoms with Gasteiger partial charge in [-0.2, -0.15) is 0 Å². The van der Waals surface area contributed by atoms with Gasteiger partial charge in [0, 0.05) is 91.6 Å². The normalized spacial score (nSPS) is 22.7. The van der Waals surface area contributed by atoms with Crippen molar-refractivity contribution in [1.29, 1.82) is 0 Å². The number of anilines is 1. The van der Waals surface area contributed by atoms with Gasteiger partial charge in [0.15, 0.2) is 9.84 Å². The number of ether oxygens (including phenoxy) is 3. The van der Waals surface area contributed by atoms with Crippen molar-refractivity contribution in [2.45, 2.75) is 129 Å². The van der Waals surface area contributed by atoms with Gasteiger partial charge in [-0.05, 0) is 129 Å². The van der Waals surface area contributed by atoms with E-state index in [0.717, 1.165) is 38.9 Å². The molecule has 19 heteroatoms. The first-order chi connectivity index (χ1) is 38.5. The third-order valence-corrected chi connectivity index (χ3v) is 18.3. The van der Waals surface area contributed by atoms with Crippen molar-refractivity contribution in [2.75, 3.05) is 64.7 Å². The number of cyclic esters (lactones) is 1. The summed E-state index contributed by atoms with van der Waals surface area (Å²) in [5.74, 6) is 4.30. The van der Waals surface area contributed by atoms with Gasteiger partial charge in [-0.25, -0.2) is 13.8 Å². The van der Waals surface area contributed by atoms with Crippen molar-refractivity contribution in [3.8, 4) is 40.0 Å². The number of likely N-dealkylation sites (N-methyl/N-ethyl adjacent to an activating group) is 1. The van der Waals surface area contributed by atoms with Crippen LogP contribution in [0.3, 0.4) is 0 Å². The number of hydrogen-bond acceptors (Lipinski definition) is 14. The second-order valence-electron chi connectivity index (χ2n) is 23.5. The van der Waals surface area contributed by atoms with E-state index in [-0.39, 0.29) is 60.6 Å². The van der Waals surface area contributed by atoms with Crippen LogP contribution in [0.25, 0.3) is 33.3 Å². The molecule has 5 N–H and O–H groups in total. The number of nitrogens with two attached hydrogens (primary N) is 1. The number of phenolic OH excluding ortho intramolecular Hbond substituents is 1. The number of esters is 1. The van der Waals surface area contributed by atoms with Gasteiger partial charge in [0.25, 0.3) is 11.8 Å². The van der Waals surface area contributed by atoms with Gasteiger partial charge in [0.05, 0.1) is 42.1 Å². The van der Waals surface area contributed by atoms with Gasteiger partial charge in [0.2, 0.25) is 5.91 Å². The Morgan fingerprint density at radius 2 is 1.79 bits per heavy atom. The van der Waals surface area contributed by atoms with E-state index in [1.54, 1.807) is 44.6 Å². The van der Waals surface area contributed by atoms with Crippen LogP contribution < -0.4 is 16.5 Å². The summed E-state index contributed by atoms with van der Waals surface area (Å²) in [5, 5.41) is 16.9. The number of nitrogens with zero attached hydrogens (tertiary/aromatic N) is 5. The zero-order chi connectivity index (χ0) is 58.1. The van der Waals surface area contributed by atoms with Crippen LogP contribution in [0.5, 0.6) is 5.75 Å². The van der Waals surface area contributed by atoms with Gasteiger partial charge in [0.1, 0.15) is 30.0 Å². The number of hydrazine groups is 1. The number of aromatic hydroxyl groups is 1. The molecule has 81 heavy (non-hydrogen) atoms. The lowest BCUT2D eigenvalue weighted by Crippen LogP contribution is -2.62. The Morgan fingerprint density at radius 3 is 2.49 bits per heavy atom. The summed E-state index contributed by atoms with van der Waals surface area (Å²) in [5.41, 5.74) is 17.1. The average Bonchev–Trinajstić information content (AvgIpc) is 4.17. The van der Waals surface area contributed by atoms with Crippen molar-refractivity contribution in [3.63, 3.8) is 0 Å². The molecular weight excluding hydrogens is 1050 g/mol. The molecule has 3 fully saturated rings. The van der Waals surface area contributed by atoms with Crippen molar-refractivity contribution >= 4 is 50.1 Å². The number of pyridine rings is 1. The van der Waals surface area contributed by atoms with Crippen LogP contribution in [0.2, 0.25) is 0 Å². The zero-order valence-corrected chi connectivity index (χ0v) is 48.9. The number of phenols is 1. The van der Waals surface area contributed by atoms with Crippen molar-refractivity contribution in [1.82, 2.24) is 35.1 Å². The Labute approximate surface area is 475 Å². The van der Waals surface area contributed by atoms with Crippen LogP contribution in [0.4, 0.5) is 5.69 Å². The lowest BCUT2D eigenvalue weighted by Gasteiger charge is -2.37. The first-order valence-corrected chi connectivity index (χ1v) is 30.1. The molecule has 0 spiro atoms. The van der Waals surface area contributed by atoms with Crippen molar-refractivity contribution < 1.29 is 46.9 Å². The smallest absolute Gasteiger partial charge is 0.324 e. The fourth-order valence-electron chi connectivity index (χ4n) is 12.1. The number of amides is 3. The number of aryl methyl sites for hydroxylation is 1. The number of carbonyl (C=O) groups is 4. The first kappa shape index (κ1) is 58.8. The molecule has 6 heterocycles. The van der Waals surface area contributed by atoms with Crippen LogP contribution in [-0.2, 0) is 62.6 Å². The highest BCUT2D eigenvalue weighted by molar-refractivity contribution is 7.91. The van der Waals surface area contributed by atoms with Gasteiger partial charge < -0.3 is 39.8 Å². The van der Waals surface area contributed by atoms with E-state index in [2.05, 4.69) is 60.1 Å². The van der Waals surface area contributed by atoms with E-state index in [1.807, 2.05) is 63.1 Å². The maximum Gasteiger partial charge on any atom is 0.324 e. The molecule has 7 atom stereocenters. The van der Waals surface area contributed by atoms with Gasteiger partial charge in [-0.15, -0.1) is 0 Å². The molecule has 0 radical (unpaired) electrons. The number of fused-ring (bicyclic) bond motifs is 6. The van der Waals surface area contributed by atoms with Gasteiger partial charge in [-0.1, -0.05) is 63.8 Å². The number of nitrogens with one attached hydrogen (secondary N) is 2. The number of sulfone groups is 1. The van der Waals surface area contributed by atoms with Crippen LogP contribution in [0, 0.1) is 23.2 Å². The van der Waals surface area contributed by atoms with E-state index in [4.69, 9.17) is 24.9 Å². The average molecular weight is 1130 g/mol. The van der Waals surface area contributed by atoms with E-state index in [0.29, 0.717) is 79.9 Å². The fraction of sp³-hybridized carbons (Fsp3) is 0.500. The molecule has 5 aromatic rings. The maximum absolute atomic E-state index is 15.0. The Hall–Kier alpha value is -6.82. The number of aromatic nitrogens is 2. The van der Waals surface area contributed by atoms with Gasteiger partial charge in [-0.3, -0.25) is 34.1 Å². The predicted octanol–water partition coefficient (Wildman–Crippen LogP) is 6.56. The van der Waals surface area contributed by atoms with Crippen molar-refractivity contribution in [2.24, 2.45) is 11.3 Å². The molecule has 0 saturated carbocycles. The van der Waals surface area contributed by atoms with Crippen LogP contribution in [0.1, 0.15) is 107 Å². The van der Waals surface area contributed by atoms with Crippen molar-refractivity contribution in [3.05, 3.63) is 101 Å². The minimum absolute atomic E-state index is 0.0409. The standard InChI is InChI=1S/C62H78N8O10S/c1-10-69-53-20-17-42-32-48(53)50(56(69)49-29-39(34-64-54(49)38(4)78-9)13-11-23-67(7)45-22-26-81(76,77)35-45)33-62(5,6)36-80-61(75)51-14-12-24-70(66-51)59(73)52(30-40-27-43(42)31-46(71)28-40)65-58(72)55(37(2)3)68(8)60(74)57-47(21-25-79-57)41-15-18-44(63)19-16-41/h15-20,27-29,31-32,34,37-38,45,47,51-52,55,57,66,71H,10,12,14,21-26,30,33,35-36,63H2,1-9H3,(H,65,72)/t38-,45?,47+,51-,52-,55-,57+/m0/s1. The summed E-state index contributed by atoms with van der Waals surface area (Å²) in [6.45, 7) is 13.5. The Bertz CT molecular complexity index is 3370. The van der Waals surface area contributed by atoms with Crippen LogP contribution >= 0.6 is 0 Å². The largest absolute Gasteiger partial charge is 0.508 e. The van der Waals surface area contributed by atoms with E-state index in [1.165, 1.54) is 9.91 Å². The second-order valence-corrected chi connectivity index (χ2v) is 25.7. The molecule has 1 unspecified atom stereocenters. The fourth-order valence-corrected chi connectivity index (χ4v) is 13.9. The number of nitrogen functional groups attached to an aromatic ring is 1. The van der Waals surface area contributed by atoms with E-state index >= 15 is 0 Å². The number of hydrogen-bond donors (Lipinski definition) is 4. The lowest BCUT2D eigenvalue weighted by molar-refractivity contribution is -0.155. The van der Waals surface area contributed by atoms with Gasteiger partial charge >= 0.3 is 5.97 Å². The quantitative estimate of drug-likeness (QED) is 0.0590. The van der Waals surface area contributed by atoms with E-state index in [9.17, 15) is 32.7 Å². The molecule has 9 rings (SSSR count). The van der Waals surface area contributed by atoms with Crippen LogP contribution in [-0.4, -0.2) is 151 Å². The highest BCUT2D eigenvalue weighted by Gasteiger charge is 2.43. The molecule has 6 bridgehead atoms. The van der Waals surface area contributed by atoms with E-state index < -0.39 is 63.4 Å². The minimum Gasteiger partial charge on any atom is -0.508 e. The molecule has 432 valence electrons. The summed E-state index contributed by atoms with van der Waals surface area (Å²) in [4.78, 5) is 66.8. The highest BCUT2D eigenvalue weighted by Crippen LogP contribution is 2.43. The third-order valence-electron chi connectivity index (χ3n) is 16.5. The lowest BCUT2D eigenvalue weighted by atomic mass is 9.84. The summed E-state index contributed by atoms with van der Waals surface area (Å²) >= 11 is 0. The van der Waals surface area contributed by atoms with Crippen LogP contribution in [0.15, 0.2) is 72.9 Å². The molecule has 0 aliphatic carbocycles. The number of carbonyl (C=O) groups excluding carboxylic acids is 4. The molecule has 4 aliphatic rings. The summed E-state index contributed by atoms with van der Waals surface area (Å²) in [6.07, 6.45) is 2.98. The molecule has 3 aromatic carbocycles. The molecule has 18 nitrogen and oxygen atoms in total. The Kier molecular flexibility index (Phi) is 17.7. The maximum atomic E-state index is 15.0. The first-order valence-electron chi connectivity index (χ1n) is 28.2. The monoisotopic (exact) mass is 1130 g/mol. The third kappa shape index (κ3) is 13.0. The number of methoxy groups -OCH3 is 1. The molecule has 2 aromatic heterocycles. The number of rotatable bonds is 12. The molecule has 3 saturated heterocycles.